The third-order valence-electron chi connectivity index (χ3n) is 6.48. The molecule has 5 rings (SSSR count). The molecule has 2 aliphatic rings. The van der Waals surface area contributed by atoms with E-state index in [-0.39, 0.29) is 24.2 Å². The lowest BCUT2D eigenvalue weighted by Crippen LogP contribution is -3.00. The molecule has 3 aromatic rings. The van der Waals surface area contributed by atoms with Crippen molar-refractivity contribution in [3.05, 3.63) is 65.0 Å². The van der Waals surface area contributed by atoms with Gasteiger partial charge in [-0.2, -0.15) is 0 Å². The van der Waals surface area contributed by atoms with Crippen LogP contribution < -0.4 is 17.1 Å². The van der Waals surface area contributed by atoms with Crippen LogP contribution in [0.2, 0.25) is 0 Å². The summed E-state index contributed by atoms with van der Waals surface area (Å²) in [5.74, 6) is 1.48. The first-order valence-electron chi connectivity index (χ1n) is 10.7. The van der Waals surface area contributed by atoms with Crippen LogP contribution >= 0.6 is 0 Å². The average molecular weight is 441 g/mol. The van der Waals surface area contributed by atoms with Crippen LogP contribution in [0.4, 0.5) is 0 Å². The number of aromatic nitrogens is 4. The van der Waals surface area contributed by atoms with E-state index in [4.69, 9.17) is 4.74 Å². The standard InChI is InChI=1S/C23H27N5O2.ClH/c1-30-21-14-17(10-11-20(21)29)22(23-24-25-26-28(23)19-8-4-5-9-19)27-13-12-16-6-2-3-7-18(16)15-27;/h2-3,6-7,10-11,14,19,22,29H,4-5,8-9,12-13,15H2,1H3;1H/p-1. The van der Waals surface area contributed by atoms with Crippen molar-refractivity contribution in [1.82, 2.24) is 25.1 Å². The SMILES string of the molecule is COc1cc(C(c2nnnn2C2CCCC2)N2CCc3ccccc3C2)ccc1O.[Cl-]. The Kier molecular flexibility index (Phi) is 6.43. The van der Waals surface area contributed by atoms with Crippen LogP contribution in [0.25, 0.3) is 0 Å². The van der Waals surface area contributed by atoms with Gasteiger partial charge < -0.3 is 22.3 Å². The summed E-state index contributed by atoms with van der Waals surface area (Å²) < 4.78 is 7.44. The Hall–Kier alpha value is -2.64. The van der Waals surface area contributed by atoms with E-state index in [2.05, 4.69) is 44.7 Å². The van der Waals surface area contributed by atoms with Crippen molar-refractivity contribution in [1.29, 1.82) is 0 Å². The fourth-order valence-electron chi connectivity index (χ4n) is 4.91. The van der Waals surface area contributed by atoms with E-state index >= 15 is 0 Å². The number of rotatable bonds is 5. The van der Waals surface area contributed by atoms with Crippen LogP contribution in [0.1, 0.15) is 60.3 Å². The second kappa shape index (κ2) is 9.24. The van der Waals surface area contributed by atoms with E-state index in [1.807, 2.05) is 16.8 Å². The Morgan fingerprint density at radius 3 is 2.65 bits per heavy atom. The lowest BCUT2D eigenvalue weighted by molar-refractivity contribution is -0.00000746. The smallest absolute Gasteiger partial charge is 0.173 e. The number of ether oxygens (including phenoxy) is 1. The van der Waals surface area contributed by atoms with Gasteiger partial charge in [-0.05, 0) is 58.5 Å². The Balaban J connectivity index is 0.00000231. The highest BCUT2D eigenvalue weighted by Crippen LogP contribution is 2.38. The van der Waals surface area contributed by atoms with Gasteiger partial charge in [0.1, 0.15) is 0 Å². The largest absolute Gasteiger partial charge is 1.00 e. The predicted octanol–water partition coefficient (Wildman–Crippen LogP) is 0.654. The molecule has 0 spiro atoms. The van der Waals surface area contributed by atoms with Crippen LogP contribution in [0, 0.1) is 0 Å². The molecule has 31 heavy (non-hydrogen) atoms. The van der Waals surface area contributed by atoms with Crippen molar-refractivity contribution < 1.29 is 22.3 Å². The molecule has 0 saturated heterocycles. The van der Waals surface area contributed by atoms with Gasteiger partial charge in [-0.15, -0.1) is 5.10 Å². The first-order chi connectivity index (χ1) is 14.7. The Labute approximate surface area is 188 Å². The fraction of sp³-hybridized carbons (Fsp3) is 0.435. The van der Waals surface area contributed by atoms with Crippen LogP contribution in [-0.2, 0) is 13.0 Å². The average Bonchev–Trinajstić information content (AvgIpc) is 3.47. The molecule has 1 unspecified atom stereocenters. The molecule has 0 bridgehead atoms. The molecular weight excluding hydrogens is 414 g/mol. The van der Waals surface area contributed by atoms with Crippen molar-refractivity contribution in [2.45, 2.75) is 50.7 Å². The molecule has 8 heteroatoms. The minimum atomic E-state index is -0.108. The zero-order valence-corrected chi connectivity index (χ0v) is 18.4. The topological polar surface area (TPSA) is 76.3 Å². The third-order valence-corrected chi connectivity index (χ3v) is 6.48. The van der Waals surface area contributed by atoms with Crippen LogP contribution in [-0.4, -0.2) is 43.9 Å². The summed E-state index contributed by atoms with van der Waals surface area (Å²) in [6.07, 6.45) is 5.67. The normalized spacial score (nSPS) is 17.7. The van der Waals surface area contributed by atoms with E-state index in [9.17, 15) is 5.11 Å². The summed E-state index contributed by atoms with van der Waals surface area (Å²) in [4.78, 5) is 2.44. The van der Waals surface area contributed by atoms with E-state index in [1.165, 1.54) is 24.0 Å². The number of phenols is 1. The maximum Gasteiger partial charge on any atom is 0.173 e. The second-order valence-corrected chi connectivity index (χ2v) is 8.24. The van der Waals surface area contributed by atoms with E-state index in [1.54, 1.807) is 13.2 Å². The minimum absolute atomic E-state index is 0. The van der Waals surface area contributed by atoms with Gasteiger partial charge in [0.15, 0.2) is 17.3 Å². The zero-order chi connectivity index (χ0) is 20.5. The van der Waals surface area contributed by atoms with Gasteiger partial charge in [-0.1, -0.05) is 43.2 Å². The number of hydrogen-bond acceptors (Lipinski definition) is 6. The first-order valence-corrected chi connectivity index (χ1v) is 10.7. The number of tetrazole rings is 1. The van der Waals surface area contributed by atoms with Gasteiger partial charge in [0, 0.05) is 13.1 Å². The molecule has 164 valence electrons. The van der Waals surface area contributed by atoms with E-state index in [0.717, 1.165) is 43.7 Å². The molecule has 7 nitrogen and oxygen atoms in total. The molecule has 2 aromatic carbocycles. The molecule has 1 fully saturated rings. The highest BCUT2D eigenvalue weighted by atomic mass is 35.5. The second-order valence-electron chi connectivity index (χ2n) is 8.24. The van der Waals surface area contributed by atoms with Crippen molar-refractivity contribution in [3.8, 4) is 11.5 Å². The highest BCUT2D eigenvalue weighted by molar-refractivity contribution is 5.44. The van der Waals surface area contributed by atoms with Crippen LogP contribution in [0.15, 0.2) is 42.5 Å². The highest BCUT2D eigenvalue weighted by Gasteiger charge is 2.33. The zero-order valence-electron chi connectivity index (χ0n) is 17.6. The Bertz CT molecular complexity index is 1030. The number of nitrogens with zero attached hydrogens (tertiary/aromatic N) is 5. The van der Waals surface area contributed by atoms with E-state index < -0.39 is 0 Å². The lowest BCUT2D eigenvalue weighted by atomic mass is 9.95. The molecule has 2 heterocycles. The molecule has 1 atom stereocenters. The van der Waals surface area contributed by atoms with Crippen molar-refractivity contribution >= 4 is 0 Å². The number of halogens is 1. The monoisotopic (exact) mass is 440 g/mol. The number of phenolic OH excluding ortho intramolecular Hbond substituents is 1. The summed E-state index contributed by atoms with van der Waals surface area (Å²) in [5.41, 5.74) is 3.78. The lowest BCUT2D eigenvalue weighted by Gasteiger charge is -2.35. The molecule has 1 aliphatic heterocycles. The van der Waals surface area contributed by atoms with Crippen LogP contribution in [0.5, 0.6) is 11.5 Å². The maximum atomic E-state index is 10.1. The molecule has 1 saturated carbocycles. The van der Waals surface area contributed by atoms with Crippen LogP contribution in [0.3, 0.4) is 0 Å². The molecule has 1 aromatic heterocycles. The van der Waals surface area contributed by atoms with Gasteiger partial charge in [0.2, 0.25) is 0 Å². The maximum absolute atomic E-state index is 10.1. The molecule has 1 N–H and O–H groups in total. The Morgan fingerprint density at radius 1 is 1.10 bits per heavy atom. The van der Waals surface area contributed by atoms with Gasteiger partial charge in [0.25, 0.3) is 0 Å². The molecule has 0 amide bonds. The summed E-state index contributed by atoms with van der Waals surface area (Å²) in [7, 11) is 1.58. The molecular formula is C23H27ClN5O2-. The summed E-state index contributed by atoms with van der Waals surface area (Å²) in [6, 6.07) is 14.4. The quantitative estimate of drug-likeness (QED) is 0.628. The summed E-state index contributed by atoms with van der Waals surface area (Å²) >= 11 is 0. The summed E-state index contributed by atoms with van der Waals surface area (Å²) in [5, 5.41) is 23.1. The molecule has 0 radical (unpaired) electrons. The minimum Gasteiger partial charge on any atom is -1.00 e. The number of hydrogen-bond donors (Lipinski definition) is 1. The van der Waals surface area contributed by atoms with E-state index in [0.29, 0.717) is 11.8 Å². The molecule has 1 aliphatic carbocycles. The Morgan fingerprint density at radius 2 is 1.87 bits per heavy atom. The number of aromatic hydroxyl groups is 1. The van der Waals surface area contributed by atoms with Gasteiger partial charge in [0.05, 0.1) is 19.2 Å². The van der Waals surface area contributed by atoms with Crippen molar-refractivity contribution in [3.63, 3.8) is 0 Å². The number of fused-ring (bicyclic) bond motifs is 1. The van der Waals surface area contributed by atoms with Gasteiger partial charge in [-0.3, -0.25) is 4.90 Å². The van der Waals surface area contributed by atoms with Gasteiger partial charge >= 0.3 is 0 Å². The first kappa shape index (κ1) is 21.6. The fourth-order valence-corrected chi connectivity index (χ4v) is 4.91. The predicted molar refractivity (Wildman–Crippen MR) is 112 cm³/mol. The van der Waals surface area contributed by atoms with Crippen molar-refractivity contribution in [2.24, 2.45) is 0 Å². The van der Waals surface area contributed by atoms with Crippen molar-refractivity contribution in [2.75, 3.05) is 13.7 Å². The van der Waals surface area contributed by atoms with Gasteiger partial charge in [-0.25, -0.2) is 4.68 Å². The third kappa shape index (κ3) is 4.12. The summed E-state index contributed by atoms with van der Waals surface area (Å²) in [6.45, 7) is 1.75. The number of benzene rings is 2. The number of methoxy groups -OCH3 is 1.